The molecule has 1 saturated carbocycles. The van der Waals surface area contributed by atoms with Crippen molar-refractivity contribution in [3.63, 3.8) is 0 Å². The van der Waals surface area contributed by atoms with E-state index in [1.807, 2.05) is 19.1 Å². The minimum Gasteiger partial charge on any atom is -0.465 e. The lowest BCUT2D eigenvalue weighted by atomic mass is 9.99. The van der Waals surface area contributed by atoms with Gasteiger partial charge < -0.3 is 10.1 Å². The molecule has 0 aliphatic heterocycles. The summed E-state index contributed by atoms with van der Waals surface area (Å²) >= 11 is 0. The Morgan fingerprint density at radius 2 is 2.11 bits per heavy atom. The summed E-state index contributed by atoms with van der Waals surface area (Å²) in [6.07, 6.45) is 2.55. The van der Waals surface area contributed by atoms with Gasteiger partial charge in [0.05, 0.1) is 12.7 Å². The van der Waals surface area contributed by atoms with Crippen molar-refractivity contribution in [3.8, 4) is 0 Å². The highest BCUT2D eigenvalue weighted by Gasteiger charge is 2.42. The van der Waals surface area contributed by atoms with Crippen LogP contribution in [0.25, 0.3) is 0 Å². The average molecular weight is 247 g/mol. The zero-order valence-corrected chi connectivity index (χ0v) is 11.5. The van der Waals surface area contributed by atoms with Gasteiger partial charge in [0.15, 0.2) is 0 Å². The molecule has 0 aromatic heterocycles. The number of benzene rings is 1. The standard InChI is InChI=1S/C15H21NO2/c1-10-12(14(17)18-4)6-5-7-13(10)16-11(2)15(3)8-9-15/h5-7,11,16H,8-9H2,1-4H3. The van der Waals surface area contributed by atoms with Gasteiger partial charge in [-0.2, -0.15) is 0 Å². The molecule has 3 nitrogen and oxygen atoms in total. The second-order valence-electron chi connectivity index (χ2n) is 5.49. The molecule has 0 radical (unpaired) electrons. The van der Waals surface area contributed by atoms with Crippen LogP contribution < -0.4 is 5.32 Å². The van der Waals surface area contributed by atoms with Gasteiger partial charge in [0, 0.05) is 11.7 Å². The Kier molecular flexibility index (Phi) is 3.33. The highest BCUT2D eigenvalue weighted by molar-refractivity contribution is 5.92. The molecule has 0 spiro atoms. The van der Waals surface area contributed by atoms with Crippen LogP contribution in [0.2, 0.25) is 0 Å². The molecule has 1 fully saturated rings. The minimum absolute atomic E-state index is 0.276. The Hall–Kier alpha value is -1.51. The first-order chi connectivity index (χ1) is 8.48. The number of ether oxygens (including phenoxy) is 1. The third kappa shape index (κ3) is 2.35. The van der Waals surface area contributed by atoms with E-state index in [9.17, 15) is 4.79 Å². The summed E-state index contributed by atoms with van der Waals surface area (Å²) in [6, 6.07) is 6.13. The highest BCUT2D eigenvalue weighted by atomic mass is 16.5. The predicted octanol–water partition coefficient (Wildman–Crippen LogP) is 3.38. The van der Waals surface area contributed by atoms with Crippen molar-refractivity contribution in [2.75, 3.05) is 12.4 Å². The van der Waals surface area contributed by atoms with E-state index in [-0.39, 0.29) is 5.97 Å². The van der Waals surface area contributed by atoms with Crippen LogP contribution >= 0.6 is 0 Å². The number of methoxy groups -OCH3 is 1. The summed E-state index contributed by atoms with van der Waals surface area (Å²) in [5, 5.41) is 3.52. The molecule has 1 aromatic carbocycles. The van der Waals surface area contributed by atoms with Gasteiger partial charge >= 0.3 is 5.97 Å². The van der Waals surface area contributed by atoms with E-state index < -0.39 is 0 Å². The summed E-state index contributed by atoms with van der Waals surface area (Å²) < 4.78 is 4.79. The van der Waals surface area contributed by atoms with Crippen LogP contribution in [-0.2, 0) is 4.74 Å². The van der Waals surface area contributed by atoms with Crippen LogP contribution in [0.15, 0.2) is 18.2 Å². The number of hydrogen-bond donors (Lipinski definition) is 1. The molecule has 18 heavy (non-hydrogen) atoms. The SMILES string of the molecule is COC(=O)c1cccc(NC(C)C2(C)CC2)c1C. The van der Waals surface area contributed by atoms with Crippen molar-refractivity contribution in [1.82, 2.24) is 0 Å². The number of esters is 1. The van der Waals surface area contributed by atoms with Gasteiger partial charge in [-0.25, -0.2) is 4.79 Å². The van der Waals surface area contributed by atoms with Crippen molar-refractivity contribution >= 4 is 11.7 Å². The van der Waals surface area contributed by atoms with Crippen LogP contribution in [0.3, 0.4) is 0 Å². The fourth-order valence-corrected chi connectivity index (χ4v) is 2.16. The Morgan fingerprint density at radius 3 is 2.67 bits per heavy atom. The first kappa shape index (κ1) is 12.9. The molecule has 0 saturated heterocycles. The highest BCUT2D eigenvalue weighted by Crippen LogP contribution is 2.49. The van der Waals surface area contributed by atoms with Gasteiger partial charge in [-0.05, 0) is 49.8 Å². The molecule has 1 aromatic rings. The molecular formula is C15H21NO2. The number of hydrogen-bond acceptors (Lipinski definition) is 3. The Labute approximate surface area is 109 Å². The van der Waals surface area contributed by atoms with Crippen LogP contribution in [0.1, 0.15) is 42.6 Å². The molecule has 0 bridgehead atoms. The number of carbonyl (C=O) groups is 1. The maximum Gasteiger partial charge on any atom is 0.338 e. The first-order valence-corrected chi connectivity index (χ1v) is 6.42. The number of anilines is 1. The molecule has 0 heterocycles. The van der Waals surface area contributed by atoms with Gasteiger partial charge in [-0.1, -0.05) is 13.0 Å². The van der Waals surface area contributed by atoms with Crippen molar-refractivity contribution in [1.29, 1.82) is 0 Å². The quantitative estimate of drug-likeness (QED) is 0.829. The Morgan fingerprint density at radius 1 is 1.44 bits per heavy atom. The first-order valence-electron chi connectivity index (χ1n) is 6.42. The van der Waals surface area contributed by atoms with E-state index in [1.54, 1.807) is 6.07 Å². The second kappa shape index (κ2) is 4.63. The zero-order chi connectivity index (χ0) is 13.3. The smallest absolute Gasteiger partial charge is 0.338 e. The van der Waals surface area contributed by atoms with Gasteiger partial charge in [0.25, 0.3) is 0 Å². The molecule has 1 aliphatic carbocycles. The second-order valence-corrected chi connectivity index (χ2v) is 5.49. The topological polar surface area (TPSA) is 38.3 Å². The van der Waals surface area contributed by atoms with Crippen molar-refractivity contribution in [2.45, 2.75) is 39.7 Å². The summed E-state index contributed by atoms with van der Waals surface area (Å²) in [5.74, 6) is -0.276. The molecular weight excluding hydrogens is 226 g/mol. The van der Waals surface area contributed by atoms with E-state index in [0.29, 0.717) is 17.0 Å². The van der Waals surface area contributed by atoms with Crippen molar-refractivity contribution < 1.29 is 9.53 Å². The molecule has 98 valence electrons. The molecule has 1 unspecified atom stereocenters. The summed E-state index contributed by atoms with van der Waals surface area (Å²) in [4.78, 5) is 11.6. The zero-order valence-electron chi connectivity index (χ0n) is 11.5. The number of rotatable bonds is 4. The maximum atomic E-state index is 11.6. The monoisotopic (exact) mass is 247 g/mol. The minimum atomic E-state index is -0.276. The van der Waals surface area contributed by atoms with Crippen LogP contribution in [0, 0.1) is 12.3 Å². The predicted molar refractivity (Wildman–Crippen MR) is 72.9 cm³/mol. The summed E-state index contributed by atoms with van der Waals surface area (Å²) in [6.45, 7) is 6.46. The van der Waals surface area contributed by atoms with Crippen molar-refractivity contribution in [3.05, 3.63) is 29.3 Å². The third-order valence-corrected chi connectivity index (χ3v) is 4.20. The van der Waals surface area contributed by atoms with Gasteiger partial charge in [0.2, 0.25) is 0 Å². The normalized spacial score (nSPS) is 18.0. The summed E-state index contributed by atoms with van der Waals surface area (Å²) in [7, 11) is 1.41. The fourth-order valence-electron chi connectivity index (χ4n) is 2.16. The van der Waals surface area contributed by atoms with Crippen LogP contribution in [0.4, 0.5) is 5.69 Å². The summed E-state index contributed by atoms with van der Waals surface area (Å²) in [5.41, 5.74) is 3.03. The van der Waals surface area contributed by atoms with Crippen molar-refractivity contribution in [2.24, 2.45) is 5.41 Å². The van der Waals surface area contributed by atoms with E-state index >= 15 is 0 Å². The van der Waals surface area contributed by atoms with Gasteiger partial charge in [-0.3, -0.25) is 0 Å². The van der Waals surface area contributed by atoms with E-state index in [2.05, 4.69) is 19.2 Å². The van der Waals surface area contributed by atoms with E-state index in [0.717, 1.165) is 11.3 Å². The number of carbonyl (C=O) groups excluding carboxylic acids is 1. The molecule has 2 rings (SSSR count). The van der Waals surface area contributed by atoms with Gasteiger partial charge in [-0.15, -0.1) is 0 Å². The molecule has 3 heteroatoms. The molecule has 1 aliphatic rings. The third-order valence-electron chi connectivity index (χ3n) is 4.20. The van der Waals surface area contributed by atoms with Crippen LogP contribution in [-0.4, -0.2) is 19.1 Å². The Balaban J connectivity index is 2.21. The lowest BCUT2D eigenvalue weighted by Gasteiger charge is -2.23. The lowest BCUT2D eigenvalue weighted by Crippen LogP contribution is -2.25. The fraction of sp³-hybridized carbons (Fsp3) is 0.533. The van der Waals surface area contributed by atoms with Crippen LogP contribution in [0.5, 0.6) is 0 Å². The maximum absolute atomic E-state index is 11.6. The molecule has 1 atom stereocenters. The average Bonchev–Trinajstić information content (AvgIpc) is 3.10. The van der Waals surface area contributed by atoms with E-state index in [4.69, 9.17) is 4.74 Å². The molecule has 1 N–H and O–H groups in total. The molecule has 0 amide bonds. The Bertz CT molecular complexity index is 464. The van der Waals surface area contributed by atoms with Gasteiger partial charge in [0.1, 0.15) is 0 Å². The lowest BCUT2D eigenvalue weighted by molar-refractivity contribution is 0.0600. The largest absolute Gasteiger partial charge is 0.465 e. The van der Waals surface area contributed by atoms with E-state index in [1.165, 1.54) is 20.0 Å². The number of nitrogens with one attached hydrogen (secondary N) is 1.